The lowest BCUT2D eigenvalue weighted by Crippen LogP contribution is -2.40. The summed E-state index contributed by atoms with van der Waals surface area (Å²) in [5.74, 6) is -1.30. The van der Waals surface area contributed by atoms with E-state index in [0.717, 1.165) is 77.0 Å². The molecule has 0 saturated heterocycles. The molecule has 0 aliphatic carbocycles. The monoisotopic (exact) mass is 743 g/mol. The molecule has 7 nitrogen and oxygen atoms in total. The number of rotatable bonds is 39. The summed E-state index contributed by atoms with van der Waals surface area (Å²) in [6.45, 7) is 4.89. The number of carbonyl (C=O) groups excluding carboxylic acids is 2. The number of hydrogen-bond acceptors (Lipinski definition) is 5. The molecule has 0 radical (unpaired) electrons. The van der Waals surface area contributed by atoms with E-state index in [-0.39, 0.29) is 18.0 Å². The Morgan fingerprint density at radius 3 is 1.60 bits per heavy atom. The summed E-state index contributed by atoms with van der Waals surface area (Å²) in [5.41, 5.74) is 5.47. The quantitative estimate of drug-likeness (QED) is 0.0328. The minimum absolute atomic E-state index is 0.0832. The van der Waals surface area contributed by atoms with E-state index in [1.807, 2.05) is 0 Å². The highest BCUT2D eigenvalue weighted by Crippen LogP contribution is 2.16. The van der Waals surface area contributed by atoms with Gasteiger partial charge in [-0.1, -0.05) is 146 Å². The van der Waals surface area contributed by atoms with E-state index < -0.39 is 12.0 Å². The highest BCUT2D eigenvalue weighted by Gasteiger charge is 2.18. The van der Waals surface area contributed by atoms with Gasteiger partial charge in [-0.2, -0.15) is 0 Å². The fourth-order valence-electron chi connectivity index (χ4n) is 6.25. The Kier molecular flexibility index (Phi) is 38.5. The van der Waals surface area contributed by atoms with Crippen molar-refractivity contribution in [1.82, 2.24) is 5.32 Å². The molecule has 0 aromatic heterocycles. The number of carboxylic acid groups (broad SMARTS) is 1. The van der Waals surface area contributed by atoms with E-state index in [4.69, 9.17) is 10.5 Å². The maximum Gasteiger partial charge on any atom is 0.326 e. The lowest BCUT2D eigenvalue weighted by atomic mass is 10.0. The van der Waals surface area contributed by atoms with Crippen LogP contribution in [0.2, 0.25) is 0 Å². The topological polar surface area (TPSA) is 119 Å². The SMILES string of the molecule is CCCCC/C=C\C/C=C\CCCCCCCCCC(=O)OC(/C=C\C/C=C\CCCCCC)CCCCCCCCC(=O)NC(CCCN)C(=O)O. The van der Waals surface area contributed by atoms with Gasteiger partial charge in [-0.3, -0.25) is 9.59 Å². The lowest BCUT2D eigenvalue weighted by molar-refractivity contribution is -0.147. The van der Waals surface area contributed by atoms with Gasteiger partial charge in [0.25, 0.3) is 0 Å². The molecule has 0 aliphatic heterocycles. The first-order chi connectivity index (χ1) is 25.9. The minimum Gasteiger partial charge on any atom is -0.480 e. The van der Waals surface area contributed by atoms with Crippen LogP contribution in [0.15, 0.2) is 48.6 Å². The maximum atomic E-state index is 12.7. The summed E-state index contributed by atoms with van der Waals surface area (Å²) in [6, 6.07) is -0.857. The third-order valence-corrected chi connectivity index (χ3v) is 9.60. The van der Waals surface area contributed by atoms with Crippen molar-refractivity contribution in [2.45, 2.75) is 219 Å². The molecule has 0 fully saturated rings. The van der Waals surface area contributed by atoms with Crippen molar-refractivity contribution in [2.24, 2.45) is 5.73 Å². The predicted molar refractivity (Wildman–Crippen MR) is 225 cm³/mol. The van der Waals surface area contributed by atoms with Gasteiger partial charge in [-0.25, -0.2) is 4.79 Å². The second-order valence-corrected chi connectivity index (χ2v) is 14.7. The minimum atomic E-state index is -1.01. The molecule has 0 aromatic carbocycles. The summed E-state index contributed by atoms with van der Waals surface area (Å²) in [5, 5.41) is 11.9. The number of amides is 1. The number of hydrogen-bond donors (Lipinski definition) is 3. The molecule has 0 aromatic rings. The summed E-state index contributed by atoms with van der Waals surface area (Å²) in [7, 11) is 0. The standard InChI is InChI=1S/C46H82N2O5/c1-3-5-7-9-11-13-14-15-16-17-18-19-20-22-24-30-34-40-45(50)53-42(36-31-27-23-21-12-10-8-6-4-2)37-32-28-25-26-29-33-39-44(49)48-43(46(51)52)38-35-41-47/h11,13,15-16,21,23,31,36,42-43H,3-10,12,14,17-20,22,24-30,32-35,37-41,47H2,1-2H3,(H,48,49)(H,51,52)/b13-11-,16-15-,23-21-,36-31-. The number of esters is 1. The average molecular weight is 743 g/mol. The van der Waals surface area contributed by atoms with Crippen molar-refractivity contribution in [3.63, 3.8) is 0 Å². The highest BCUT2D eigenvalue weighted by atomic mass is 16.5. The van der Waals surface area contributed by atoms with Crippen LogP contribution < -0.4 is 11.1 Å². The Morgan fingerprint density at radius 1 is 0.566 bits per heavy atom. The zero-order valence-corrected chi connectivity index (χ0v) is 34.4. The normalized spacial score (nSPS) is 13.1. The van der Waals surface area contributed by atoms with E-state index in [0.29, 0.717) is 32.2 Å². The molecular formula is C46H82N2O5. The number of carbonyl (C=O) groups is 3. The van der Waals surface area contributed by atoms with E-state index in [9.17, 15) is 19.5 Å². The molecule has 4 N–H and O–H groups in total. The van der Waals surface area contributed by atoms with Gasteiger partial charge in [0.15, 0.2) is 0 Å². The van der Waals surface area contributed by atoms with Gasteiger partial charge in [0.05, 0.1) is 0 Å². The summed E-state index contributed by atoms with van der Waals surface area (Å²) in [4.78, 5) is 36.2. The molecular weight excluding hydrogens is 661 g/mol. The molecule has 7 heteroatoms. The Hall–Kier alpha value is -2.67. The van der Waals surface area contributed by atoms with Crippen molar-refractivity contribution in [3.05, 3.63) is 48.6 Å². The first kappa shape index (κ1) is 50.3. The second-order valence-electron chi connectivity index (χ2n) is 14.7. The van der Waals surface area contributed by atoms with Gasteiger partial charge < -0.3 is 20.9 Å². The number of ether oxygens (including phenoxy) is 1. The van der Waals surface area contributed by atoms with Crippen LogP contribution in [0.5, 0.6) is 0 Å². The zero-order chi connectivity index (χ0) is 38.9. The van der Waals surface area contributed by atoms with Crippen LogP contribution in [0, 0.1) is 0 Å². The number of carboxylic acids is 1. The number of nitrogens with one attached hydrogen (secondary N) is 1. The fraction of sp³-hybridized carbons (Fsp3) is 0.761. The van der Waals surface area contributed by atoms with Crippen molar-refractivity contribution >= 4 is 17.8 Å². The van der Waals surface area contributed by atoms with Gasteiger partial charge in [-0.15, -0.1) is 0 Å². The summed E-state index contributed by atoms with van der Waals surface area (Å²) >= 11 is 0. The van der Waals surface area contributed by atoms with Crippen LogP contribution >= 0.6 is 0 Å². The summed E-state index contributed by atoms with van der Waals surface area (Å²) in [6.07, 6.45) is 48.9. The van der Waals surface area contributed by atoms with Crippen LogP contribution in [-0.4, -0.2) is 41.6 Å². The molecule has 0 spiro atoms. The molecule has 0 heterocycles. The van der Waals surface area contributed by atoms with Crippen LogP contribution in [-0.2, 0) is 19.1 Å². The zero-order valence-electron chi connectivity index (χ0n) is 34.4. The van der Waals surface area contributed by atoms with Crippen LogP contribution in [0.4, 0.5) is 0 Å². The smallest absolute Gasteiger partial charge is 0.326 e. The van der Waals surface area contributed by atoms with E-state index >= 15 is 0 Å². The van der Waals surface area contributed by atoms with Gasteiger partial charge in [-0.05, 0) is 103 Å². The van der Waals surface area contributed by atoms with Gasteiger partial charge >= 0.3 is 11.9 Å². The van der Waals surface area contributed by atoms with Crippen LogP contribution in [0.3, 0.4) is 0 Å². The third-order valence-electron chi connectivity index (χ3n) is 9.60. The largest absolute Gasteiger partial charge is 0.480 e. The van der Waals surface area contributed by atoms with E-state index in [1.165, 1.54) is 89.9 Å². The highest BCUT2D eigenvalue weighted by molar-refractivity contribution is 5.83. The molecule has 0 saturated carbocycles. The molecule has 0 rings (SSSR count). The molecule has 306 valence electrons. The lowest BCUT2D eigenvalue weighted by Gasteiger charge is -2.15. The number of allylic oxidation sites excluding steroid dienone is 7. The second kappa shape index (κ2) is 40.5. The number of aliphatic carboxylic acids is 1. The molecule has 0 aliphatic rings. The molecule has 2 atom stereocenters. The van der Waals surface area contributed by atoms with Crippen LogP contribution in [0.1, 0.15) is 206 Å². The van der Waals surface area contributed by atoms with Gasteiger partial charge in [0.2, 0.25) is 5.91 Å². The number of unbranched alkanes of at least 4 members (excludes halogenated alkanes) is 19. The Labute approximate surface area is 326 Å². The van der Waals surface area contributed by atoms with Gasteiger partial charge in [0, 0.05) is 12.8 Å². The van der Waals surface area contributed by atoms with Crippen molar-refractivity contribution < 1.29 is 24.2 Å². The Morgan fingerprint density at radius 2 is 1.04 bits per heavy atom. The van der Waals surface area contributed by atoms with Crippen molar-refractivity contribution in [2.75, 3.05) is 6.54 Å². The molecule has 53 heavy (non-hydrogen) atoms. The van der Waals surface area contributed by atoms with E-state index in [2.05, 4.69) is 67.8 Å². The third kappa shape index (κ3) is 37.4. The summed E-state index contributed by atoms with van der Waals surface area (Å²) < 4.78 is 5.94. The first-order valence-electron chi connectivity index (χ1n) is 22.0. The predicted octanol–water partition coefficient (Wildman–Crippen LogP) is 12.4. The molecule has 0 bridgehead atoms. The van der Waals surface area contributed by atoms with Gasteiger partial charge in [0.1, 0.15) is 12.1 Å². The molecule has 1 amide bonds. The number of nitrogens with two attached hydrogens (primary N) is 1. The van der Waals surface area contributed by atoms with E-state index in [1.54, 1.807) is 0 Å². The van der Waals surface area contributed by atoms with Crippen molar-refractivity contribution in [1.29, 1.82) is 0 Å². The first-order valence-corrected chi connectivity index (χ1v) is 22.0. The molecule has 2 unspecified atom stereocenters. The average Bonchev–Trinajstić information content (AvgIpc) is 3.14. The Balaban J connectivity index is 4.30. The van der Waals surface area contributed by atoms with Crippen LogP contribution in [0.25, 0.3) is 0 Å². The maximum absolute atomic E-state index is 12.7. The fourth-order valence-corrected chi connectivity index (χ4v) is 6.25. The Bertz CT molecular complexity index is 973. The van der Waals surface area contributed by atoms with Crippen molar-refractivity contribution in [3.8, 4) is 0 Å².